The molecule has 1 unspecified atom stereocenters. The number of hydrogen-bond acceptors (Lipinski definition) is 2. The minimum absolute atomic E-state index is 0.238. The summed E-state index contributed by atoms with van der Waals surface area (Å²) in [6.45, 7) is 0.426. The summed E-state index contributed by atoms with van der Waals surface area (Å²) in [5.74, 6) is -0.238. The van der Waals surface area contributed by atoms with Crippen LogP contribution in [0.5, 0.6) is 0 Å². The molecule has 4 heteroatoms. The van der Waals surface area contributed by atoms with Crippen molar-refractivity contribution in [1.82, 2.24) is 4.98 Å². The third-order valence-corrected chi connectivity index (χ3v) is 4.24. The van der Waals surface area contributed by atoms with Crippen molar-refractivity contribution in [3.63, 3.8) is 0 Å². The zero-order valence-electron chi connectivity index (χ0n) is 6.43. The maximum atomic E-state index is 12.8. The molecule has 0 aromatic carbocycles. The van der Waals surface area contributed by atoms with Crippen LogP contribution >= 0.6 is 0 Å². The number of alkyl halides is 2. The Morgan fingerprint density at radius 1 is 1.75 bits per heavy atom. The van der Waals surface area contributed by atoms with E-state index in [1.165, 1.54) is 10.6 Å². The fraction of sp³-hybridized carbons (Fsp3) is 0.375. The SMILES string of the molecule is NCc1ncc(F)cc1C1C[I-]1. The van der Waals surface area contributed by atoms with Crippen LogP contribution in [0, 0.1) is 5.82 Å². The van der Waals surface area contributed by atoms with Crippen LogP contribution in [0.25, 0.3) is 0 Å². The second kappa shape index (κ2) is 3.26. The first-order valence-corrected chi connectivity index (χ1v) is 6.50. The molecule has 0 bridgehead atoms. The standard InChI is InChI=1S/C8H9FIN2/c9-5-1-6(7-2-10-7)8(3-11)12-4-5/h1,4,7H,2-3,11H2/q-1. The van der Waals surface area contributed by atoms with Crippen LogP contribution in [0.3, 0.4) is 0 Å². The molecular formula is C8H9FIN2-. The number of hydrogen-bond donors (Lipinski definition) is 1. The molecule has 1 aromatic rings. The van der Waals surface area contributed by atoms with Crippen LogP contribution in [0.2, 0.25) is 0 Å². The molecule has 0 spiro atoms. The minimum atomic E-state index is -0.238. The van der Waals surface area contributed by atoms with Crippen molar-refractivity contribution in [2.24, 2.45) is 5.73 Å². The second-order valence-corrected chi connectivity index (χ2v) is 5.93. The average molecular weight is 279 g/mol. The summed E-state index contributed by atoms with van der Waals surface area (Å²) in [6, 6.07) is 1.59. The van der Waals surface area contributed by atoms with Gasteiger partial charge in [-0.1, -0.05) is 0 Å². The first kappa shape index (κ1) is 8.37. The molecule has 0 amide bonds. The monoisotopic (exact) mass is 279 g/mol. The van der Waals surface area contributed by atoms with Gasteiger partial charge >= 0.3 is 80.5 Å². The molecular weight excluding hydrogens is 270 g/mol. The molecule has 0 aliphatic carbocycles. The molecule has 0 radical (unpaired) electrons. The second-order valence-electron chi connectivity index (χ2n) is 2.67. The third-order valence-electron chi connectivity index (χ3n) is 1.81. The Morgan fingerprint density at radius 3 is 3.08 bits per heavy atom. The van der Waals surface area contributed by atoms with Gasteiger partial charge in [-0.3, -0.25) is 0 Å². The Bertz CT molecular complexity index is 299. The van der Waals surface area contributed by atoms with Crippen LogP contribution < -0.4 is 26.9 Å². The first-order chi connectivity index (χ1) is 5.81. The molecule has 1 fully saturated rings. The van der Waals surface area contributed by atoms with Crippen molar-refractivity contribution in [3.8, 4) is 0 Å². The number of pyridine rings is 1. The summed E-state index contributed by atoms with van der Waals surface area (Å²) in [4.78, 5) is 3.98. The zero-order valence-corrected chi connectivity index (χ0v) is 8.58. The molecule has 1 aromatic heterocycles. The van der Waals surface area contributed by atoms with Crippen LogP contribution in [-0.4, -0.2) is 9.41 Å². The average Bonchev–Trinajstić information content (AvgIpc) is 2.87. The van der Waals surface area contributed by atoms with E-state index in [4.69, 9.17) is 5.73 Å². The predicted octanol–water partition coefficient (Wildman–Crippen LogP) is -2.18. The predicted molar refractivity (Wildman–Crippen MR) is 39.7 cm³/mol. The van der Waals surface area contributed by atoms with Crippen molar-refractivity contribution in [2.45, 2.75) is 10.5 Å². The van der Waals surface area contributed by atoms with Crippen molar-refractivity contribution >= 4 is 0 Å². The number of nitrogens with two attached hydrogens (primary N) is 1. The van der Waals surface area contributed by atoms with Gasteiger partial charge < -0.3 is 0 Å². The molecule has 1 saturated heterocycles. The van der Waals surface area contributed by atoms with E-state index in [0.717, 1.165) is 11.3 Å². The molecule has 2 N–H and O–H groups in total. The van der Waals surface area contributed by atoms with Gasteiger partial charge in [-0.05, 0) is 0 Å². The van der Waals surface area contributed by atoms with Gasteiger partial charge in [0.15, 0.2) is 0 Å². The normalized spacial score (nSPS) is 21.7. The summed E-state index contributed by atoms with van der Waals surface area (Å²) < 4.78 is 14.7. The summed E-state index contributed by atoms with van der Waals surface area (Å²) in [5, 5.41) is 0. The van der Waals surface area contributed by atoms with E-state index < -0.39 is 0 Å². The van der Waals surface area contributed by atoms with Gasteiger partial charge in [0.1, 0.15) is 0 Å². The molecule has 1 aliphatic rings. The Morgan fingerprint density at radius 2 is 2.50 bits per heavy atom. The van der Waals surface area contributed by atoms with Crippen molar-refractivity contribution in [3.05, 3.63) is 29.3 Å². The van der Waals surface area contributed by atoms with Crippen LogP contribution in [-0.2, 0) is 6.54 Å². The van der Waals surface area contributed by atoms with Gasteiger partial charge in [0.2, 0.25) is 0 Å². The molecule has 2 heterocycles. The van der Waals surface area contributed by atoms with Crippen LogP contribution in [0.4, 0.5) is 4.39 Å². The van der Waals surface area contributed by atoms with Gasteiger partial charge in [-0.2, -0.15) is 0 Å². The summed E-state index contributed by atoms with van der Waals surface area (Å²) >= 11 is 0.298. The molecule has 1 aliphatic heterocycles. The van der Waals surface area contributed by atoms with Crippen LogP contribution in [0.15, 0.2) is 12.3 Å². The summed E-state index contributed by atoms with van der Waals surface area (Å²) in [5.41, 5.74) is 7.43. The van der Waals surface area contributed by atoms with Gasteiger partial charge in [-0.25, -0.2) is 0 Å². The third kappa shape index (κ3) is 1.59. The molecule has 2 nitrogen and oxygen atoms in total. The van der Waals surface area contributed by atoms with E-state index in [0.29, 0.717) is 31.7 Å². The van der Waals surface area contributed by atoms with Gasteiger partial charge in [0.05, 0.1) is 0 Å². The van der Waals surface area contributed by atoms with Crippen molar-refractivity contribution in [1.29, 1.82) is 0 Å². The topological polar surface area (TPSA) is 38.9 Å². The quantitative estimate of drug-likeness (QED) is 0.494. The summed E-state index contributed by atoms with van der Waals surface area (Å²) in [7, 11) is 0. The van der Waals surface area contributed by atoms with Crippen molar-refractivity contribution in [2.75, 3.05) is 4.43 Å². The fourth-order valence-corrected chi connectivity index (χ4v) is 2.88. The fourth-order valence-electron chi connectivity index (χ4n) is 1.14. The molecule has 12 heavy (non-hydrogen) atoms. The van der Waals surface area contributed by atoms with Gasteiger partial charge in [0, 0.05) is 0 Å². The van der Waals surface area contributed by atoms with Crippen LogP contribution in [0.1, 0.15) is 15.2 Å². The summed E-state index contributed by atoms with van der Waals surface area (Å²) in [6.07, 6.45) is 1.24. The molecule has 0 saturated carbocycles. The Hall–Kier alpha value is -0.230. The zero-order chi connectivity index (χ0) is 8.55. The Kier molecular flexibility index (Phi) is 2.27. The van der Waals surface area contributed by atoms with E-state index in [1.807, 2.05) is 0 Å². The number of nitrogens with zero attached hydrogens (tertiary/aromatic N) is 1. The van der Waals surface area contributed by atoms with Crippen molar-refractivity contribution < 1.29 is 25.6 Å². The number of halogens is 2. The van der Waals surface area contributed by atoms with E-state index in [9.17, 15) is 4.39 Å². The molecule has 2 rings (SSSR count). The number of aromatic nitrogens is 1. The Balaban J connectivity index is 2.39. The first-order valence-electron chi connectivity index (χ1n) is 3.73. The molecule has 1 atom stereocenters. The van der Waals surface area contributed by atoms with Gasteiger partial charge in [0.25, 0.3) is 0 Å². The van der Waals surface area contributed by atoms with E-state index in [1.54, 1.807) is 6.07 Å². The number of rotatable bonds is 2. The maximum absolute atomic E-state index is 12.8. The van der Waals surface area contributed by atoms with E-state index >= 15 is 0 Å². The Labute approximate surface area is 80.6 Å². The van der Waals surface area contributed by atoms with E-state index in [2.05, 4.69) is 4.98 Å². The van der Waals surface area contributed by atoms with Gasteiger partial charge in [-0.15, -0.1) is 0 Å². The van der Waals surface area contributed by atoms with E-state index in [-0.39, 0.29) is 5.82 Å². The molecule has 66 valence electrons.